The molecule has 3 aromatic carbocycles. The molecule has 0 bridgehead atoms. The molecule has 0 saturated heterocycles. The molecule has 0 N–H and O–H groups in total. The lowest BCUT2D eigenvalue weighted by Gasteiger charge is -2.22. The summed E-state index contributed by atoms with van der Waals surface area (Å²) in [5.41, 5.74) is 2.85. The predicted octanol–water partition coefficient (Wildman–Crippen LogP) is 9.90. The van der Waals surface area contributed by atoms with Gasteiger partial charge in [-0.2, -0.15) is 0 Å². The number of rotatable bonds is 8. The highest BCUT2D eigenvalue weighted by Gasteiger charge is 2.21. The maximum Gasteiger partial charge on any atom is 0.167 e. The molecule has 1 aliphatic carbocycles. The number of allylic oxidation sites excluding steroid dienone is 2. The molecule has 0 radical (unpaired) electrons. The Morgan fingerprint density at radius 2 is 1.26 bits per heavy atom. The summed E-state index contributed by atoms with van der Waals surface area (Å²) in [5, 5.41) is 0. The molecule has 1 aliphatic rings. The molecular formula is C31H32F4. The predicted molar refractivity (Wildman–Crippen MR) is 136 cm³/mol. The van der Waals surface area contributed by atoms with Gasteiger partial charge in [-0.1, -0.05) is 87.7 Å². The van der Waals surface area contributed by atoms with Crippen LogP contribution in [-0.4, -0.2) is 0 Å². The first-order chi connectivity index (χ1) is 16.9. The number of benzene rings is 3. The zero-order chi connectivity index (χ0) is 24.9. The van der Waals surface area contributed by atoms with E-state index in [1.807, 2.05) is 6.92 Å². The standard InChI is InChI=1S/C31H32F4/c1-3-5-7-24-16-17-25(29(33)28(24)32)22-12-14-23(15-13-22)27-19-18-26(30(34)31(27)35)21-10-8-20(6-4-2)9-11-21/h10,12-20H,3-9,11H2,1-2H3. The lowest BCUT2D eigenvalue weighted by atomic mass is 9.84. The number of hydrogen-bond acceptors (Lipinski definition) is 0. The highest BCUT2D eigenvalue weighted by atomic mass is 19.2. The molecule has 1 unspecified atom stereocenters. The van der Waals surface area contributed by atoms with Gasteiger partial charge in [0.1, 0.15) is 0 Å². The Balaban J connectivity index is 1.57. The van der Waals surface area contributed by atoms with Gasteiger partial charge in [0, 0.05) is 16.7 Å². The quantitative estimate of drug-likeness (QED) is 0.281. The molecule has 0 aliphatic heterocycles. The molecule has 184 valence electrons. The minimum atomic E-state index is -0.885. The Morgan fingerprint density at radius 3 is 1.83 bits per heavy atom. The van der Waals surface area contributed by atoms with Crippen molar-refractivity contribution in [2.75, 3.05) is 0 Å². The van der Waals surface area contributed by atoms with Crippen LogP contribution in [0.25, 0.3) is 27.8 Å². The molecule has 3 aromatic rings. The fraction of sp³-hybridized carbons (Fsp3) is 0.355. The van der Waals surface area contributed by atoms with Crippen LogP contribution >= 0.6 is 0 Å². The Morgan fingerprint density at radius 1 is 0.686 bits per heavy atom. The minimum Gasteiger partial charge on any atom is -0.203 e. The van der Waals surface area contributed by atoms with E-state index in [0.717, 1.165) is 50.5 Å². The van der Waals surface area contributed by atoms with Gasteiger partial charge >= 0.3 is 0 Å². The van der Waals surface area contributed by atoms with Crippen LogP contribution in [-0.2, 0) is 6.42 Å². The van der Waals surface area contributed by atoms with E-state index >= 15 is 8.78 Å². The Bertz CT molecular complexity index is 1210. The zero-order valence-corrected chi connectivity index (χ0v) is 20.4. The van der Waals surface area contributed by atoms with Crippen molar-refractivity contribution in [1.29, 1.82) is 0 Å². The van der Waals surface area contributed by atoms with E-state index < -0.39 is 23.3 Å². The van der Waals surface area contributed by atoms with Gasteiger partial charge in [-0.05, 0) is 60.3 Å². The molecule has 4 rings (SSSR count). The molecule has 0 amide bonds. The number of hydrogen-bond donors (Lipinski definition) is 0. The Labute approximate surface area is 205 Å². The summed E-state index contributed by atoms with van der Waals surface area (Å²) in [6, 6.07) is 12.9. The van der Waals surface area contributed by atoms with E-state index in [-0.39, 0.29) is 11.1 Å². The minimum absolute atomic E-state index is 0.152. The highest BCUT2D eigenvalue weighted by Crippen LogP contribution is 2.37. The van der Waals surface area contributed by atoms with Gasteiger partial charge < -0.3 is 0 Å². The van der Waals surface area contributed by atoms with Crippen molar-refractivity contribution in [1.82, 2.24) is 0 Å². The second kappa shape index (κ2) is 11.2. The smallest absolute Gasteiger partial charge is 0.167 e. The van der Waals surface area contributed by atoms with Gasteiger partial charge in [0.25, 0.3) is 0 Å². The monoisotopic (exact) mass is 480 g/mol. The van der Waals surface area contributed by atoms with E-state index in [9.17, 15) is 8.78 Å². The molecule has 0 heterocycles. The van der Waals surface area contributed by atoms with Crippen molar-refractivity contribution in [3.63, 3.8) is 0 Å². The van der Waals surface area contributed by atoms with E-state index in [1.165, 1.54) is 0 Å². The van der Waals surface area contributed by atoms with Crippen molar-refractivity contribution in [3.05, 3.63) is 89.0 Å². The average molecular weight is 481 g/mol. The number of unbranched alkanes of at least 4 members (excludes halogenated alkanes) is 1. The first-order valence-corrected chi connectivity index (χ1v) is 12.7. The van der Waals surface area contributed by atoms with Crippen LogP contribution in [0.15, 0.2) is 54.6 Å². The van der Waals surface area contributed by atoms with Gasteiger partial charge in [-0.15, -0.1) is 0 Å². The largest absolute Gasteiger partial charge is 0.203 e. The SMILES string of the molecule is CCCCc1ccc(-c2ccc(-c3ccc(C4=CCC(CCC)CC4)c(F)c3F)cc2)c(F)c1F. The van der Waals surface area contributed by atoms with Crippen molar-refractivity contribution >= 4 is 5.57 Å². The van der Waals surface area contributed by atoms with Crippen LogP contribution in [0.4, 0.5) is 17.6 Å². The summed E-state index contributed by atoms with van der Waals surface area (Å²) in [6.45, 7) is 4.17. The van der Waals surface area contributed by atoms with Crippen LogP contribution in [0.1, 0.15) is 69.9 Å². The Hall–Kier alpha value is -2.88. The van der Waals surface area contributed by atoms with Crippen LogP contribution in [0, 0.1) is 29.2 Å². The number of aryl methyl sites for hydroxylation is 1. The first kappa shape index (κ1) is 25.2. The third-order valence-corrected chi connectivity index (χ3v) is 7.11. The molecular weight excluding hydrogens is 448 g/mol. The highest BCUT2D eigenvalue weighted by molar-refractivity contribution is 5.74. The summed E-state index contributed by atoms with van der Waals surface area (Å²) in [4.78, 5) is 0. The summed E-state index contributed by atoms with van der Waals surface area (Å²) >= 11 is 0. The van der Waals surface area contributed by atoms with Crippen molar-refractivity contribution < 1.29 is 17.6 Å². The van der Waals surface area contributed by atoms with Crippen LogP contribution in [0.2, 0.25) is 0 Å². The van der Waals surface area contributed by atoms with Gasteiger partial charge in [0.05, 0.1) is 0 Å². The third-order valence-electron chi connectivity index (χ3n) is 7.11. The van der Waals surface area contributed by atoms with Gasteiger partial charge in [0.15, 0.2) is 23.3 Å². The second-order valence-electron chi connectivity index (χ2n) is 9.53. The van der Waals surface area contributed by atoms with Crippen LogP contribution in [0.3, 0.4) is 0 Å². The second-order valence-corrected chi connectivity index (χ2v) is 9.53. The normalized spacial score (nSPS) is 15.8. The fourth-order valence-electron chi connectivity index (χ4n) is 5.03. The molecule has 4 heteroatoms. The molecule has 35 heavy (non-hydrogen) atoms. The topological polar surface area (TPSA) is 0 Å². The van der Waals surface area contributed by atoms with Crippen molar-refractivity contribution in [2.45, 2.75) is 65.2 Å². The van der Waals surface area contributed by atoms with Crippen LogP contribution < -0.4 is 0 Å². The average Bonchev–Trinajstić information content (AvgIpc) is 2.88. The molecule has 0 fully saturated rings. The lowest BCUT2D eigenvalue weighted by Crippen LogP contribution is -2.06. The summed E-state index contributed by atoms with van der Waals surface area (Å²) in [6.07, 6.45) is 9.21. The third kappa shape index (κ3) is 5.37. The van der Waals surface area contributed by atoms with E-state index in [4.69, 9.17) is 0 Å². The lowest BCUT2D eigenvalue weighted by molar-refractivity contribution is 0.443. The van der Waals surface area contributed by atoms with Crippen molar-refractivity contribution in [2.24, 2.45) is 5.92 Å². The maximum atomic E-state index is 15.1. The van der Waals surface area contributed by atoms with Gasteiger partial charge in [-0.3, -0.25) is 0 Å². The molecule has 0 aromatic heterocycles. The number of halogens is 4. The van der Waals surface area contributed by atoms with Gasteiger partial charge in [0.2, 0.25) is 0 Å². The van der Waals surface area contributed by atoms with Crippen molar-refractivity contribution in [3.8, 4) is 22.3 Å². The Kier molecular flexibility index (Phi) is 8.10. The van der Waals surface area contributed by atoms with E-state index in [0.29, 0.717) is 34.6 Å². The summed E-state index contributed by atoms with van der Waals surface area (Å²) in [5.74, 6) is -2.79. The zero-order valence-electron chi connectivity index (χ0n) is 20.4. The van der Waals surface area contributed by atoms with E-state index in [1.54, 1.807) is 48.5 Å². The molecule has 0 spiro atoms. The summed E-state index contributed by atoms with van der Waals surface area (Å²) < 4.78 is 59.3. The first-order valence-electron chi connectivity index (χ1n) is 12.7. The van der Waals surface area contributed by atoms with Crippen LogP contribution in [0.5, 0.6) is 0 Å². The van der Waals surface area contributed by atoms with E-state index in [2.05, 4.69) is 13.0 Å². The fourth-order valence-corrected chi connectivity index (χ4v) is 5.03. The molecule has 0 saturated carbocycles. The summed E-state index contributed by atoms with van der Waals surface area (Å²) in [7, 11) is 0. The molecule has 0 nitrogen and oxygen atoms in total. The maximum absolute atomic E-state index is 15.1. The molecule has 1 atom stereocenters. The van der Waals surface area contributed by atoms with Gasteiger partial charge in [-0.25, -0.2) is 17.6 Å².